The molecule has 0 aliphatic carbocycles. The summed E-state index contributed by atoms with van der Waals surface area (Å²) < 4.78 is 0. The predicted molar refractivity (Wildman–Crippen MR) is 121 cm³/mol. The van der Waals surface area contributed by atoms with Crippen molar-refractivity contribution >= 4 is 11.6 Å². The Morgan fingerprint density at radius 2 is 1.93 bits per heavy atom. The highest BCUT2D eigenvalue weighted by atomic mass is 16.2. The number of rotatable bonds is 4. The summed E-state index contributed by atoms with van der Waals surface area (Å²) in [6.07, 6.45) is 9.60. The number of anilines is 1. The Bertz CT molecular complexity index is 853. The van der Waals surface area contributed by atoms with E-state index in [1.54, 1.807) is 0 Å². The fraction of sp³-hybridized carbons (Fsp3) is 0.520. The summed E-state index contributed by atoms with van der Waals surface area (Å²) in [5.41, 5.74) is 4.96. The fourth-order valence-electron chi connectivity index (χ4n) is 5.00. The van der Waals surface area contributed by atoms with Gasteiger partial charge in [-0.15, -0.1) is 0 Å². The van der Waals surface area contributed by atoms with Crippen LogP contribution in [0.1, 0.15) is 48.8 Å². The van der Waals surface area contributed by atoms with Gasteiger partial charge in [0.05, 0.1) is 0 Å². The maximum atomic E-state index is 13.3. The van der Waals surface area contributed by atoms with E-state index in [0.717, 1.165) is 32.4 Å². The van der Waals surface area contributed by atoms with E-state index in [9.17, 15) is 4.79 Å². The number of carbonyl (C=O) groups excluding carboxylic acids is 1. The van der Waals surface area contributed by atoms with Gasteiger partial charge in [-0.2, -0.15) is 0 Å². The first kappa shape index (κ1) is 20.9. The number of para-hydroxylation sites is 1. The molecule has 2 aromatic rings. The van der Waals surface area contributed by atoms with Crippen LogP contribution in [-0.4, -0.2) is 52.9 Å². The van der Waals surface area contributed by atoms with Crippen molar-refractivity contribution in [3.63, 3.8) is 0 Å². The van der Waals surface area contributed by atoms with Crippen LogP contribution in [0.3, 0.4) is 0 Å². The summed E-state index contributed by atoms with van der Waals surface area (Å²) in [5.74, 6) is 0.271. The summed E-state index contributed by atoms with van der Waals surface area (Å²) in [7, 11) is 2.24. The fourth-order valence-corrected chi connectivity index (χ4v) is 5.00. The monoisotopic (exact) mass is 406 g/mol. The molecule has 2 aliphatic heterocycles. The van der Waals surface area contributed by atoms with E-state index in [2.05, 4.69) is 52.3 Å². The smallest absolute Gasteiger partial charge is 0.222 e. The van der Waals surface area contributed by atoms with Crippen LogP contribution in [0.25, 0.3) is 0 Å². The number of nitrogens with zero attached hydrogens (tertiary/aromatic N) is 3. The minimum atomic E-state index is 0.271. The zero-order valence-electron chi connectivity index (χ0n) is 18.3. The highest BCUT2D eigenvalue weighted by molar-refractivity contribution is 5.76. The van der Waals surface area contributed by atoms with E-state index in [1.807, 2.05) is 24.5 Å². The SMILES string of the molecule is Cc1cccc2c1NCCC1CCC(CN(C(=O)CCCc3ccncc3)C2)N1C. The lowest BCUT2D eigenvalue weighted by Crippen LogP contribution is -2.43. The number of benzene rings is 1. The van der Waals surface area contributed by atoms with Crippen molar-refractivity contribution in [3.05, 3.63) is 59.4 Å². The van der Waals surface area contributed by atoms with Crippen LogP contribution in [-0.2, 0) is 17.8 Å². The van der Waals surface area contributed by atoms with Crippen molar-refractivity contribution in [3.8, 4) is 0 Å². The van der Waals surface area contributed by atoms with Gasteiger partial charge in [0.1, 0.15) is 0 Å². The third kappa shape index (κ3) is 4.84. The molecule has 2 bridgehead atoms. The normalized spacial score (nSPS) is 22.1. The molecule has 1 aromatic heterocycles. The lowest BCUT2D eigenvalue weighted by molar-refractivity contribution is -0.132. The van der Waals surface area contributed by atoms with Crippen molar-refractivity contribution in [2.45, 2.75) is 64.1 Å². The van der Waals surface area contributed by atoms with Crippen molar-refractivity contribution in [2.75, 3.05) is 25.5 Å². The molecule has 0 saturated carbocycles. The van der Waals surface area contributed by atoms with E-state index in [0.29, 0.717) is 25.0 Å². The van der Waals surface area contributed by atoms with E-state index >= 15 is 0 Å². The Labute approximate surface area is 180 Å². The molecule has 0 spiro atoms. The van der Waals surface area contributed by atoms with Crippen LogP contribution in [0.4, 0.5) is 5.69 Å². The highest BCUT2D eigenvalue weighted by Crippen LogP contribution is 2.29. The number of pyridine rings is 1. The van der Waals surface area contributed by atoms with Gasteiger partial charge in [0.15, 0.2) is 0 Å². The molecule has 1 N–H and O–H groups in total. The summed E-state index contributed by atoms with van der Waals surface area (Å²) in [5, 5.41) is 3.69. The molecule has 2 aliphatic rings. The second kappa shape index (κ2) is 9.61. The first-order chi connectivity index (χ1) is 14.6. The van der Waals surface area contributed by atoms with Crippen molar-refractivity contribution in [1.29, 1.82) is 0 Å². The number of hydrogen-bond acceptors (Lipinski definition) is 4. The minimum Gasteiger partial charge on any atom is -0.384 e. The van der Waals surface area contributed by atoms with E-state index in [-0.39, 0.29) is 5.91 Å². The zero-order chi connectivity index (χ0) is 20.9. The first-order valence-corrected chi connectivity index (χ1v) is 11.3. The molecule has 1 saturated heterocycles. The number of aryl methyl sites for hydroxylation is 2. The largest absolute Gasteiger partial charge is 0.384 e. The Hall–Kier alpha value is -2.40. The van der Waals surface area contributed by atoms with E-state index < -0.39 is 0 Å². The Morgan fingerprint density at radius 1 is 1.13 bits per heavy atom. The number of aromatic nitrogens is 1. The number of likely N-dealkylation sites (N-methyl/N-ethyl adjacent to an activating group) is 1. The molecule has 160 valence electrons. The van der Waals surface area contributed by atoms with E-state index in [4.69, 9.17) is 0 Å². The molecular weight excluding hydrogens is 372 g/mol. The van der Waals surface area contributed by atoms with Crippen LogP contribution >= 0.6 is 0 Å². The third-order valence-electron chi connectivity index (χ3n) is 6.87. The molecule has 30 heavy (non-hydrogen) atoms. The Balaban J connectivity index is 1.50. The molecule has 1 aromatic carbocycles. The van der Waals surface area contributed by atoms with Gasteiger partial charge in [0, 0.05) is 56.2 Å². The molecule has 5 heteroatoms. The van der Waals surface area contributed by atoms with Crippen LogP contribution in [0, 0.1) is 6.92 Å². The molecule has 4 rings (SSSR count). The summed E-state index contributed by atoms with van der Waals surface area (Å²) in [4.78, 5) is 22.0. The quantitative estimate of drug-likeness (QED) is 0.833. The maximum absolute atomic E-state index is 13.3. The number of carbonyl (C=O) groups is 1. The molecule has 3 heterocycles. The molecule has 2 unspecified atom stereocenters. The molecule has 0 radical (unpaired) electrons. The second-order valence-electron chi connectivity index (χ2n) is 8.86. The maximum Gasteiger partial charge on any atom is 0.222 e. The van der Waals surface area contributed by atoms with Gasteiger partial charge in [-0.1, -0.05) is 18.2 Å². The number of amides is 1. The van der Waals surface area contributed by atoms with Crippen LogP contribution in [0.5, 0.6) is 0 Å². The summed E-state index contributed by atoms with van der Waals surface area (Å²) in [6, 6.07) is 11.6. The predicted octanol–water partition coefficient (Wildman–Crippen LogP) is 4.02. The van der Waals surface area contributed by atoms with Crippen molar-refractivity contribution in [1.82, 2.24) is 14.8 Å². The van der Waals surface area contributed by atoms with Gasteiger partial charge in [0.2, 0.25) is 5.91 Å². The van der Waals surface area contributed by atoms with Crippen molar-refractivity contribution in [2.24, 2.45) is 0 Å². The van der Waals surface area contributed by atoms with Crippen LogP contribution in [0.15, 0.2) is 42.7 Å². The lowest BCUT2D eigenvalue weighted by atomic mass is 10.0. The summed E-state index contributed by atoms with van der Waals surface area (Å²) >= 11 is 0. The van der Waals surface area contributed by atoms with Crippen LogP contribution < -0.4 is 5.32 Å². The Morgan fingerprint density at radius 3 is 2.77 bits per heavy atom. The topological polar surface area (TPSA) is 48.5 Å². The average molecular weight is 407 g/mol. The third-order valence-corrected chi connectivity index (χ3v) is 6.87. The lowest BCUT2D eigenvalue weighted by Gasteiger charge is -2.31. The summed E-state index contributed by atoms with van der Waals surface area (Å²) in [6.45, 7) is 4.66. The molecular formula is C25H34N4O. The van der Waals surface area contributed by atoms with Gasteiger partial charge in [0.25, 0.3) is 0 Å². The highest BCUT2D eigenvalue weighted by Gasteiger charge is 2.33. The van der Waals surface area contributed by atoms with Gasteiger partial charge in [-0.3, -0.25) is 14.7 Å². The number of hydrogen-bond donors (Lipinski definition) is 1. The van der Waals surface area contributed by atoms with Crippen molar-refractivity contribution < 1.29 is 4.79 Å². The number of nitrogens with one attached hydrogen (secondary N) is 1. The standard InChI is InChI=1S/C25H34N4O/c1-19-5-3-7-21-17-29(24(30)8-4-6-20-11-14-26-15-12-20)18-23-10-9-22(28(23)2)13-16-27-25(19)21/h3,5,7,11-12,14-15,22-23,27H,4,6,8-10,13,16-18H2,1-2H3. The first-order valence-electron chi connectivity index (χ1n) is 11.3. The molecule has 2 atom stereocenters. The Kier molecular flexibility index (Phi) is 6.68. The average Bonchev–Trinajstić information content (AvgIpc) is 3.07. The second-order valence-corrected chi connectivity index (χ2v) is 8.86. The van der Waals surface area contributed by atoms with Gasteiger partial charge in [-0.25, -0.2) is 0 Å². The van der Waals surface area contributed by atoms with Gasteiger partial charge in [-0.05, 0) is 74.9 Å². The van der Waals surface area contributed by atoms with Gasteiger partial charge >= 0.3 is 0 Å². The van der Waals surface area contributed by atoms with Gasteiger partial charge < -0.3 is 10.2 Å². The molecule has 5 nitrogen and oxygen atoms in total. The number of fused-ring (bicyclic) bond motifs is 3. The van der Waals surface area contributed by atoms with E-state index in [1.165, 1.54) is 35.2 Å². The zero-order valence-corrected chi connectivity index (χ0v) is 18.3. The molecule has 1 amide bonds. The van der Waals surface area contributed by atoms with Crippen LogP contribution in [0.2, 0.25) is 0 Å². The minimum absolute atomic E-state index is 0.271. The molecule has 1 fully saturated rings.